The SMILES string of the molecule is CC(c1cc(F)ccc1F)N(C)Cc1nc2ccccc2c(=O)[nH]1. The number of para-hydroxylation sites is 1. The summed E-state index contributed by atoms with van der Waals surface area (Å²) in [5.74, 6) is -0.468. The number of halogens is 2. The van der Waals surface area contributed by atoms with Gasteiger partial charge in [0, 0.05) is 11.6 Å². The molecule has 124 valence electrons. The zero-order chi connectivity index (χ0) is 17.3. The molecule has 0 bridgehead atoms. The highest BCUT2D eigenvalue weighted by atomic mass is 19.1. The van der Waals surface area contributed by atoms with Crippen molar-refractivity contribution in [2.24, 2.45) is 0 Å². The Hall–Kier alpha value is -2.60. The van der Waals surface area contributed by atoms with Gasteiger partial charge in [0.25, 0.3) is 5.56 Å². The van der Waals surface area contributed by atoms with Gasteiger partial charge >= 0.3 is 0 Å². The number of hydrogen-bond donors (Lipinski definition) is 1. The van der Waals surface area contributed by atoms with E-state index in [-0.39, 0.29) is 17.2 Å². The van der Waals surface area contributed by atoms with E-state index < -0.39 is 11.6 Å². The van der Waals surface area contributed by atoms with E-state index in [0.717, 1.165) is 12.1 Å². The van der Waals surface area contributed by atoms with Crippen molar-refractivity contribution in [1.29, 1.82) is 0 Å². The number of nitrogens with one attached hydrogen (secondary N) is 1. The molecule has 1 unspecified atom stereocenters. The number of aromatic amines is 1. The minimum atomic E-state index is -0.483. The van der Waals surface area contributed by atoms with E-state index in [2.05, 4.69) is 9.97 Å². The Morgan fingerprint density at radius 2 is 1.96 bits per heavy atom. The summed E-state index contributed by atoms with van der Waals surface area (Å²) < 4.78 is 27.3. The zero-order valence-electron chi connectivity index (χ0n) is 13.4. The first kappa shape index (κ1) is 16.3. The maximum Gasteiger partial charge on any atom is 0.258 e. The highest BCUT2D eigenvalue weighted by molar-refractivity contribution is 5.77. The monoisotopic (exact) mass is 329 g/mol. The molecule has 3 aromatic rings. The number of fused-ring (bicyclic) bond motifs is 1. The Morgan fingerprint density at radius 1 is 1.21 bits per heavy atom. The topological polar surface area (TPSA) is 49.0 Å². The van der Waals surface area contributed by atoms with E-state index in [1.807, 2.05) is 6.07 Å². The molecule has 1 N–H and O–H groups in total. The van der Waals surface area contributed by atoms with Crippen LogP contribution in [0.4, 0.5) is 8.78 Å². The van der Waals surface area contributed by atoms with Gasteiger partial charge in [-0.3, -0.25) is 9.69 Å². The Bertz CT molecular complexity index is 939. The summed E-state index contributed by atoms with van der Waals surface area (Å²) in [4.78, 5) is 21.1. The molecule has 1 heterocycles. The highest BCUT2D eigenvalue weighted by Gasteiger charge is 2.18. The quantitative estimate of drug-likeness (QED) is 0.798. The van der Waals surface area contributed by atoms with Crippen molar-refractivity contribution in [3.63, 3.8) is 0 Å². The molecule has 4 nitrogen and oxygen atoms in total. The van der Waals surface area contributed by atoms with Gasteiger partial charge < -0.3 is 4.98 Å². The average molecular weight is 329 g/mol. The zero-order valence-corrected chi connectivity index (χ0v) is 13.4. The third-order valence-electron chi connectivity index (χ3n) is 4.13. The number of benzene rings is 2. The van der Waals surface area contributed by atoms with Crippen molar-refractivity contribution in [2.45, 2.75) is 19.5 Å². The largest absolute Gasteiger partial charge is 0.309 e. The van der Waals surface area contributed by atoms with E-state index in [9.17, 15) is 13.6 Å². The van der Waals surface area contributed by atoms with E-state index in [4.69, 9.17) is 0 Å². The molecule has 24 heavy (non-hydrogen) atoms. The number of nitrogens with zero attached hydrogens (tertiary/aromatic N) is 2. The predicted molar refractivity (Wildman–Crippen MR) is 88.6 cm³/mol. The Kier molecular flexibility index (Phi) is 4.40. The smallest absolute Gasteiger partial charge is 0.258 e. The summed E-state index contributed by atoms with van der Waals surface area (Å²) in [6.07, 6.45) is 0. The molecule has 0 radical (unpaired) electrons. The van der Waals surface area contributed by atoms with Crippen LogP contribution in [0.15, 0.2) is 47.3 Å². The van der Waals surface area contributed by atoms with Crippen LogP contribution in [0.1, 0.15) is 24.4 Å². The minimum absolute atomic E-state index is 0.214. The molecule has 6 heteroatoms. The first-order chi connectivity index (χ1) is 11.5. The molecular formula is C18H17F2N3O. The van der Waals surface area contributed by atoms with Gasteiger partial charge in [-0.05, 0) is 44.3 Å². The summed E-state index contributed by atoms with van der Waals surface area (Å²) in [5, 5.41) is 0.521. The van der Waals surface area contributed by atoms with Crippen LogP contribution in [0.2, 0.25) is 0 Å². The minimum Gasteiger partial charge on any atom is -0.309 e. The van der Waals surface area contributed by atoms with Crippen LogP contribution in [-0.2, 0) is 6.54 Å². The Labute approximate surface area is 137 Å². The van der Waals surface area contributed by atoms with Crippen LogP contribution in [0.5, 0.6) is 0 Å². The molecule has 2 aromatic carbocycles. The maximum absolute atomic E-state index is 13.9. The summed E-state index contributed by atoms with van der Waals surface area (Å²) in [7, 11) is 1.77. The van der Waals surface area contributed by atoms with Crippen LogP contribution in [-0.4, -0.2) is 21.9 Å². The molecule has 0 spiro atoms. The van der Waals surface area contributed by atoms with Gasteiger partial charge in [-0.25, -0.2) is 13.8 Å². The van der Waals surface area contributed by atoms with Crippen molar-refractivity contribution in [3.05, 3.63) is 75.8 Å². The van der Waals surface area contributed by atoms with E-state index in [1.165, 1.54) is 6.07 Å². The fourth-order valence-electron chi connectivity index (χ4n) is 2.66. The van der Waals surface area contributed by atoms with Crippen molar-refractivity contribution in [3.8, 4) is 0 Å². The highest BCUT2D eigenvalue weighted by Crippen LogP contribution is 2.23. The van der Waals surface area contributed by atoms with Gasteiger partial charge in [0.1, 0.15) is 17.5 Å². The van der Waals surface area contributed by atoms with E-state index in [1.54, 1.807) is 37.1 Å². The lowest BCUT2D eigenvalue weighted by Crippen LogP contribution is -2.25. The molecule has 0 saturated heterocycles. The summed E-state index contributed by atoms with van der Waals surface area (Å²) in [6, 6.07) is 10.1. The van der Waals surface area contributed by atoms with Gasteiger partial charge in [-0.1, -0.05) is 12.1 Å². The first-order valence-electron chi connectivity index (χ1n) is 7.59. The molecule has 0 aliphatic rings. The lowest BCUT2D eigenvalue weighted by Gasteiger charge is -2.25. The fourth-order valence-corrected chi connectivity index (χ4v) is 2.66. The fraction of sp³-hybridized carbons (Fsp3) is 0.222. The number of hydrogen-bond acceptors (Lipinski definition) is 3. The summed E-state index contributed by atoms with van der Waals surface area (Å²) in [6.45, 7) is 2.08. The maximum atomic E-state index is 13.9. The van der Waals surface area contributed by atoms with Crippen molar-refractivity contribution in [2.75, 3.05) is 7.05 Å². The second kappa shape index (κ2) is 6.49. The van der Waals surface area contributed by atoms with Crippen molar-refractivity contribution in [1.82, 2.24) is 14.9 Å². The van der Waals surface area contributed by atoms with Crippen LogP contribution in [0.3, 0.4) is 0 Å². The Balaban J connectivity index is 1.88. The van der Waals surface area contributed by atoms with Crippen LogP contribution in [0, 0.1) is 11.6 Å². The Morgan fingerprint density at radius 3 is 2.75 bits per heavy atom. The molecule has 0 aliphatic heterocycles. The lowest BCUT2D eigenvalue weighted by molar-refractivity contribution is 0.241. The second-order valence-electron chi connectivity index (χ2n) is 5.79. The number of rotatable bonds is 4. The third-order valence-corrected chi connectivity index (χ3v) is 4.13. The first-order valence-corrected chi connectivity index (χ1v) is 7.59. The van der Waals surface area contributed by atoms with Crippen molar-refractivity contribution >= 4 is 10.9 Å². The van der Waals surface area contributed by atoms with Crippen molar-refractivity contribution < 1.29 is 8.78 Å². The molecule has 0 saturated carbocycles. The molecule has 3 rings (SSSR count). The van der Waals surface area contributed by atoms with Gasteiger partial charge in [-0.2, -0.15) is 0 Å². The molecule has 0 aliphatic carbocycles. The predicted octanol–water partition coefficient (Wildman–Crippen LogP) is 3.39. The number of aromatic nitrogens is 2. The van der Waals surface area contributed by atoms with Crippen LogP contribution < -0.4 is 5.56 Å². The van der Waals surface area contributed by atoms with Gasteiger partial charge in [0.05, 0.1) is 17.4 Å². The standard InChI is InChI=1S/C18H17F2N3O/c1-11(14-9-12(19)7-8-15(14)20)23(2)10-17-21-16-6-4-3-5-13(16)18(24)22-17/h3-9,11H,10H2,1-2H3,(H,21,22,24). The molecule has 1 atom stereocenters. The van der Waals surface area contributed by atoms with E-state index in [0.29, 0.717) is 23.3 Å². The lowest BCUT2D eigenvalue weighted by atomic mass is 10.1. The number of H-pyrrole nitrogens is 1. The molecule has 0 fully saturated rings. The van der Waals surface area contributed by atoms with Gasteiger partial charge in [0.2, 0.25) is 0 Å². The summed E-state index contributed by atoms with van der Waals surface area (Å²) in [5.41, 5.74) is 0.656. The van der Waals surface area contributed by atoms with Gasteiger partial charge in [0.15, 0.2) is 0 Å². The molecule has 1 aromatic heterocycles. The normalized spacial score (nSPS) is 12.7. The summed E-state index contributed by atoms with van der Waals surface area (Å²) >= 11 is 0. The third kappa shape index (κ3) is 3.19. The van der Waals surface area contributed by atoms with E-state index >= 15 is 0 Å². The van der Waals surface area contributed by atoms with Crippen LogP contribution in [0.25, 0.3) is 10.9 Å². The average Bonchev–Trinajstić information content (AvgIpc) is 2.56. The second-order valence-corrected chi connectivity index (χ2v) is 5.79. The van der Waals surface area contributed by atoms with Crippen LogP contribution >= 0.6 is 0 Å². The molecule has 0 amide bonds. The van der Waals surface area contributed by atoms with Gasteiger partial charge in [-0.15, -0.1) is 0 Å². The molecular weight excluding hydrogens is 312 g/mol.